The second-order valence-corrected chi connectivity index (χ2v) is 9.24. The summed E-state index contributed by atoms with van der Waals surface area (Å²) in [6, 6.07) is 20.4. The van der Waals surface area contributed by atoms with Crippen molar-refractivity contribution < 1.29 is 14.6 Å². The fourth-order valence-electron chi connectivity index (χ4n) is 5.20. The number of fused-ring (bicyclic) bond motifs is 2. The minimum absolute atomic E-state index is 0.290. The molecule has 1 aromatic heterocycles. The van der Waals surface area contributed by atoms with Gasteiger partial charge in [-0.15, -0.1) is 0 Å². The molecule has 1 saturated carbocycles. The van der Waals surface area contributed by atoms with Gasteiger partial charge in [0, 0.05) is 10.8 Å². The maximum atomic E-state index is 12.0. The van der Waals surface area contributed by atoms with Gasteiger partial charge in [0.15, 0.2) is 0 Å². The highest BCUT2D eigenvalue weighted by atomic mass is 16.5. The van der Waals surface area contributed by atoms with Crippen LogP contribution in [-0.4, -0.2) is 22.7 Å². The Morgan fingerprint density at radius 3 is 2.59 bits per heavy atom. The lowest BCUT2D eigenvalue weighted by Crippen LogP contribution is -2.04. The molecule has 2 N–H and O–H groups in total. The fraction of sp³-hybridized carbons (Fsp3) is 0.300. The number of aryl methyl sites for hydroxylation is 1. The Hall–Kier alpha value is -3.53. The van der Waals surface area contributed by atoms with E-state index in [-0.39, 0.29) is 0 Å². The molecule has 34 heavy (non-hydrogen) atoms. The van der Waals surface area contributed by atoms with Gasteiger partial charge in [0.05, 0.1) is 12.1 Å². The number of nitrogens with one attached hydrogen (secondary N) is 1. The molecule has 4 aromatic rings. The topological polar surface area (TPSA) is 62.3 Å². The van der Waals surface area contributed by atoms with E-state index >= 15 is 0 Å². The number of carbonyl (C=O) groups is 1. The second kappa shape index (κ2) is 10.2. The van der Waals surface area contributed by atoms with Crippen LogP contribution in [0.2, 0.25) is 0 Å². The highest BCUT2D eigenvalue weighted by molar-refractivity contribution is 6.00. The molecule has 0 unspecified atom stereocenters. The Balaban J connectivity index is 1.33. The summed E-state index contributed by atoms with van der Waals surface area (Å²) < 4.78 is 6.09. The van der Waals surface area contributed by atoms with E-state index in [4.69, 9.17) is 4.74 Å². The Morgan fingerprint density at radius 1 is 0.971 bits per heavy atom. The molecule has 0 amide bonds. The molecular formula is C30H31NO3. The maximum Gasteiger partial charge on any atom is 0.352 e. The molecule has 1 aliphatic rings. The monoisotopic (exact) mass is 453 g/mol. The molecule has 4 nitrogen and oxygen atoms in total. The SMILES string of the molecule is O=C(O)c1[nH]c2c(C=CC3CCCCC3)cccc2c1CCCOc1cccc2ccccc12. The minimum Gasteiger partial charge on any atom is -0.493 e. The zero-order valence-corrected chi connectivity index (χ0v) is 19.4. The third-order valence-corrected chi connectivity index (χ3v) is 6.96. The number of aromatic amines is 1. The number of carboxylic acid groups (broad SMARTS) is 1. The van der Waals surface area contributed by atoms with Crippen molar-refractivity contribution in [1.82, 2.24) is 4.98 Å². The minimum atomic E-state index is -0.914. The number of para-hydroxylation sites is 1. The van der Waals surface area contributed by atoms with Gasteiger partial charge in [-0.25, -0.2) is 4.79 Å². The van der Waals surface area contributed by atoms with E-state index in [1.54, 1.807) is 0 Å². The van der Waals surface area contributed by atoms with Crippen LogP contribution in [0.15, 0.2) is 66.7 Å². The van der Waals surface area contributed by atoms with Crippen LogP contribution in [0.5, 0.6) is 5.75 Å². The molecule has 0 saturated heterocycles. The number of aromatic nitrogens is 1. The molecule has 0 bridgehead atoms. The standard InChI is InChI=1S/C30H31NO3/c32-30(33)29-26(16-8-20-34-27-17-7-12-22-11-4-5-14-24(22)27)25-15-6-13-23(28(25)31-29)19-18-21-9-2-1-3-10-21/h4-7,11-15,17-19,21,31H,1-3,8-10,16,20H2,(H,32,33). The average Bonchev–Trinajstić information content (AvgIpc) is 3.25. The van der Waals surface area contributed by atoms with E-state index in [1.165, 1.54) is 32.1 Å². The Labute approximate surface area is 200 Å². The summed E-state index contributed by atoms with van der Waals surface area (Å²) >= 11 is 0. The molecule has 0 atom stereocenters. The predicted octanol–water partition coefficient (Wildman–Crippen LogP) is 7.62. The third kappa shape index (κ3) is 4.72. The molecule has 0 radical (unpaired) electrons. The van der Waals surface area contributed by atoms with Crippen LogP contribution in [0.4, 0.5) is 0 Å². The van der Waals surface area contributed by atoms with Gasteiger partial charge < -0.3 is 14.8 Å². The molecular weight excluding hydrogens is 422 g/mol. The van der Waals surface area contributed by atoms with Gasteiger partial charge in [0.1, 0.15) is 11.4 Å². The highest BCUT2D eigenvalue weighted by Crippen LogP contribution is 2.30. The molecule has 5 rings (SSSR count). The van der Waals surface area contributed by atoms with Crippen LogP contribution in [0.25, 0.3) is 27.8 Å². The van der Waals surface area contributed by atoms with Crippen LogP contribution < -0.4 is 4.74 Å². The van der Waals surface area contributed by atoms with Crippen LogP contribution in [0.1, 0.15) is 60.1 Å². The van der Waals surface area contributed by atoms with E-state index in [9.17, 15) is 9.90 Å². The van der Waals surface area contributed by atoms with Crippen molar-refractivity contribution in [2.45, 2.75) is 44.9 Å². The normalized spacial score (nSPS) is 14.8. The number of hydrogen-bond acceptors (Lipinski definition) is 2. The van der Waals surface area contributed by atoms with Crippen LogP contribution in [-0.2, 0) is 6.42 Å². The second-order valence-electron chi connectivity index (χ2n) is 9.24. The van der Waals surface area contributed by atoms with Crippen LogP contribution in [0, 0.1) is 5.92 Å². The Bertz CT molecular complexity index is 1320. The van der Waals surface area contributed by atoms with Crippen molar-refractivity contribution in [2.24, 2.45) is 5.92 Å². The van der Waals surface area contributed by atoms with Crippen molar-refractivity contribution in [1.29, 1.82) is 0 Å². The quantitative estimate of drug-likeness (QED) is 0.270. The maximum absolute atomic E-state index is 12.0. The van der Waals surface area contributed by atoms with Crippen molar-refractivity contribution in [3.8, 4) is 5.75 Å². The molecule has 1 aliphatic carbocycles. The van der Waals surface area contributed by atoms with Crippen molar-refractivity contribution in [2.75, 3.05) is 6.61 Å². The van der Waals surface area contributed by atoms with Gasteiger partial charge in [-0.2, -0.15) is 0 Å². The number of ether oxygens (including phenoxy) is 1. The smallest absolute Gasteiger partial charge is 0.352 e. The lowest BCUT2D eigenvalue weighted by Gasteiger charge is -2.17. The number of H-pyrrole nitrogens is 1. The summed E-state index contributed by atoms with van der Waals surface area (Å²) in [7, 11) is 0. The Kier molecular flexibility index (Phi) is 6.66. The Morgan fingerprint density at radius 2 is 1.74 bits per heavy atom. The van der Waals surface area contributed by atoms with Gasteiger partial charge in [0.2, 0.25) is 0 Å². The van der Waals surface area contributed by atoms with Crippen molar-refractivity contribution in [3.05, 3.63) is 83.6 Å². The zero-order chi connectivity index (χ0) is 23.3. The summed E-state index contributed by atoms with van der Waals surface area (Å²) in [6.07, 6.45) is 12.3. The summed E-state index contributed by atoms with van der Waals surface area (Å²) in [5.74, 6) is 0.581. The zero-order valence-electron chi connectivity index (χ0n) is 19.4. The van der Waals surface area contributed by atoms with Gasteiger partial charge in [-0.3, -0.25) is 0 Å². The fourth-order valence-corrected chi connectivity index (χ4v) is 5.20. The van der Waals surface area contributed by atoms with Crippen LogP contribution >= 0.6 is 0 Å². The molecule has 0 spiro atoms. The summed E-state index contributed by atoms with van der Waals surface area (Å²) in [5.41, 5.74) is 3.12. The highest BCUT2D eigenvalue weighted by Gasteiger charge is 2.18. The van der Waals surface area contributed by atoms with E-state index < -0.39 is 5.97 Å². The molecule has 174 valence electrons. The summed E-state index contributed by atoms with van der Waals surface area (Å²) in [6.45, 7) is 0.529. The van der Waals surface area contributed by atoms with E-state index in [1.807, 2.05) is 36.4 Å². The number of allylic oxidation sites excluding steroid dienone is 1. The first kappa shape index (κ1) is 22.3. The number of rotatable bonds is 8. The number of hydrogen-bond donors (Lipinski definition) is 2. The number of carboxylic acids is 1. The molecule has 1 heterocycles. The first-order chi connectivity index (χ1) is 16.7. The van der Waals surface area contributed by atoms with Crippen molar-refractivity contribution >= 4 is 33.7 Å². The summed E-state index contributed by atoms with van der Waals surface area (Å²) in [5, 5.41) is 13.1. The van der Waals surface area contributed by atoms with E-state index in [0.717, 1.165) is 45.0 Å². The average molecular weight is 454 g/mol. The molecule has 1 fully saturated rings. The van der Waals surface area contributed by atoms with Gasteiger partial charge in [-0.1, -0.05) is 86.0 Å². The van der Waals surface area contributed by atoms with Gasteiger partial charge in [0.25, 0.3) is 0 Å². The molecule has 0 aliphatic heterocycles. The first-order valence-electron chi connectivity index (χ1n) is 12.4. The first-order valence-corrected chi connectivity index (χ1v) is 12.4. The van der Waals surface area contributed by atoms with Gasteiger partial charge in [-0.05, 0) is 54.2 Å². The van der Waals surface area contributed by atoms with E-state index in [0.29, 0.717) is 24.6 Å². The lowest BCUT2D eigenvalue weighted by molar-refractivity contribution is 0.0690. The van der Waals surface area contributed by atoms with Crippen molar-refractivity contribution in [3.63, 3.8) is 0 Å². The lowest BCUT2D eigenvalue weighted by atomic mass is 9.88. The molecule has 4 heteroatoms. The van der Waals surface area contributed by atoms with E-state index in [2.05, 4.69) is 41.4 Å². The largest absolute Gasteiger partial charge is 0.493 e. The van der Waals surface area contributed by atoms with Gasteiger partial charge >= 0.3 is 5.97 Å². The molecule has 3 aromatic carbocycles. The third-order valence-electron chi connectivity index (χ3n) is 6.96. The predicted molar refractivity (Wildman–Crippen MR) is 139 cm³/mol. The number of benzene rings is 3. The number of aromatic carboxylic acids is 1. The summed E-state index contributed by atoms with van der Waals surface area (Å²) in [4.78, 5) is 15.2. The van der Waals surface area contributed by atoms with Crippen LogP contribution in [0.3, 0.4) is 0 Å².